The first-order valence-electron chi connectivity index (χ1n) is 9.22. The number of ether oxygens (including phenoxy) is 1. The number of methoxy groups -OCH3 is 1. The molecule has 5 rings (SSSR count). The Balaban J connectivity index is 1.60. The SMILES string of the molecule is COCCN1C(=O)[C@@H]2CC[C@H]1CN(C(=O)c1ccccc1-c1ncn[nH]1)C2. The molecule has 4 heterocycles. The summed E-state index contributed by atoms with van der Waals surface area (Å²) in [4.78, 5) is 34.0. The van der Waals surface area contributed by atoms with Gasteiger partial charge in [0.2, 0.25) is 5.91 Å². The molecule has 1 N–H and O–H groups in total. The second-order valence-corrected chi connectivity index (χ2v) is 7.04. The van der Waals surface area contributed by atoms with E-state index in [-0.39, 0.29) is 23.8 Å². The van der Waals surface area contributed by atoms with Crippen LogP contribution >= 0.6 is 0 Å². The van der Waals surface area contributed by atoms with Crippen LogP contribution in [0.3, 0.4) is 0 Å². The van der Waals surface area contributed by atoms with E-state index < -0.39 is 0 Å². The van der Waals surface area contributed by atoms with Crippen molar-refractivity contribution in [2.24, 2.45) is 5.92 Å². The van der Waals surface area contributed by atoms with Crippen molar-refractivity contribution in [1.29, 1.82) is 0 Å². The molecular formula is C19H23N5O3. The minimum Gasteiger partial charge on any atom is -0.383 e. The maximum atomic E-state index is 13.3. The number of piperidine rings is 1. The van der Waals surface area contributed by atoms with Gasteiger partial charge in [-0.25, -0.2) is 4.98 Å². The highest BCUT2D eigenvalue weighted by Gasteiger charge is 2.42. The maximum Gasteiger partial charge on any atom is 0.254 e. The average Bonchev–Trinajstić information content (AvgIpc) is 3.09. The minimum absolute atomic E-state index is 0.0489. The molecule has 3 aliphatic rings. The van der Waals surface area contributed by atoms with Crippen LogP contribution in [0.4, 0.5) is 0 Å². The lowest BCUT2D eigenvalue weighted by molar-refractivity contribution is -0.140. The quantitative estimate of drug-likeness (QED) is 0.855. The fourth-order valence-electron chi connectivity index (χ4n) is 4.07. The molecule has 1 aromatic heterocycles. The zero-order chi connectivity index (χ0) is 18.8. The summed E-state index contributed by atoms with van der Waals surface area (Å²) in [7, 11) is 1.64. The molecule has 8 nitrogen and oxygen atoms in total. The van der Waals surface area contributed by atoms with E-state index in [1.165, 1.54) is 6.33 Å². The van der Waals surface area contributed by atoms with E-state index >= 15 is 0 Å². The van der Waals surface area contributed by atoms with Crippen LogP contribution in [0.5, 0.6) is 0 Å². The molecule has 0 saturated carbocycles. The molecule has 3 saturated heterocycles. The van der Waals surface area contributed by atoms with Crippen LogP contribution < -0.4 is 0 Å². The highest BCUT2D eigenvalue weighted by Crippen LogP contribution is 2.31. The molecule has 27 heavy (non-hydrogen) atoms. The number of aromatic nitrogens is 3. The zero-order valence-corrected chi connectivity index (χ0v) is 15.3. The molecule has 2 amide bonds. The van der Waals surface area contributed by atoms with Crippen LogP contribution in [0.25, 0.3) is 11.4 Å². The van der Waals surface area contributed by atoms with Crippen LogP contribution in [0.1, 0.15) is 23.2 Å². The first kappa shape index (κ1) is 17.7. The van der Waals surface area contributed by atoms with Crippen LogP contribution in [-0.2, 0) is 9.53 Å². The molecule has 0 aliphatic carbocycles. The van der Waals surface area contributed by atoms with Crippen molar-refractivity contribution >= 4 is 11.8 Å². The smallest absolute Gasteiger partial charge is 0.254 e. The monoisotopic (exact) mass is 369 g/mol. The summed E-state index contributed by atoms with van der Waals surface area (Å²) in [6.07, 6.45) is 3.18. The Morgan fingerprint density at radius 3 is 2.93 bits per heavy atom. The minimum atomic E-state index is -0.137. The largest absolute Gasteiger partial charge is 0.383 e. The number of fused-ring (bicyclic) bond motifs is 4. The third-order valence-corrected chi connectivity index (χ3v) is 5.44. The van der Waals surface area contributed by atoms with Gasteiger partial charge in [0, 0.05) is 38.3 Å². The number of H-pyrrole nitrogens is 1. The van der Waals surface area contributed by atoms with E-state index in [1.54, 1.807) is 13.2 Å². The Labute approximate surface area is 157 Å². The van der Waals surface area contributed by atoms with Crippen molar-refractivity contribution in [1.82, 2.24) is 25.0 Å². The second-order valence-electron chi connectivity index (χ2n) is 7.04. The van der Waals surface area contributed by atoms with Gasteiger partial charge in [-0.1, -0.05) is 18.2 Å². The summed E-state index contributed by atoms with van der Waals surface area (Å²) >= 11 is 0. The van der Waals surface area contributed by atoms with Crippen LogP contribution in [0.15, 0.2) is 30.6 Å². The fraction of sp³-hybridized carbons (Fsp3) is 0.474. The molecule has 1 aromatic carbocycles. The normalized spacial score (nSPS) is 22.2. The van der Waals surface area contributed by atoms with E-state index in [2.05, 4.69) is 15.2 Å². The van der Waals surface area contributed by atoms with Gasteiger partial charge < -0.3 is 14.5 Å². The van der Waals surface area contributed by atoms with E-state index in [9.17, 15) is 9.59 Å². The van der Waals surface area contributed by atoms with Gasteiger partial charge in [-0.3, -0.25) is 14.7 Å². The van der Waals surface area contributed by atoms with E-state index in [1.807, 2.05) is 28.0 Å². The summed E-state index contributed by atoms with van der Waals surface area (Å²) in [5.74, 6) is 0.499. The third kappa shape index (κ3) is 3.32. The summed E-state index contributed by atoms with van der Waals surface area (Å²) in [5, 5.41) is 6.71. The van der Waals surface area contributed by atoms with Crippen LogP contribution in [0, 0.1) is 5.92 Å². The average molecular weight is 369 g/mol. The second kappa shape index (κ2) is 7.48. The fourth-order valence-corrected chi connectivity index (χ4v) is 4.07. The Morgan fingerprint density at radius 2 is 2.15 bits per heavy atom. The Bertz CT molecular complexity index is 823. The number of amides is 2. The molecule has 3 aliphatic heterocycles. The van der Waals surface area contributed by atoms with Gasteiger partial charge in [-0.15, -0.1) is 0 Å². The van der Waals surface area contributed by atoms with Gasteiger partial charge in [0.15, 0.2) is 5.82 Å². The number of nitrogens with zero attached hydrogens (tertiary/aromatic N) is 4. The van der Waals surface area contributed by atoms with E-state index in [0.29, 0.717) is 37.6 Å². The molecule has 0 spiro atoms. The Morgan fingerprint density at radius 1 is 1.30 bits per heavy atom. The molecule has 0 unspecified atom stereocenters. The van der Waals surface area contributed by atoms with E-state index in [0.717, 1.165) is 18.4 Å². The number of carbonyl (C=O) groups excluding carboxylic acids is 2. The van der Waals surface area contributed by atoms with Crippen molar-refractivity contribution in [2.45, 2.75) is 18.9 Å². The molecule has 2 aromatic rings. The Kier molecular flexibility index (Phi) is 4.89. The van der Waals surface area contributed by atoms with E-state index in [4.69, 9.17) is 4.74 Å². The molecule has 142 valence electrons. The van der Waals surface area contributed by atoms with Crippen molar-refractivity contribution in [3.63, 3.8) is 0 Å². The first-order chi connectivity index (χ1) is 13.2. The Hall–Kier alpha value is -2.74. The van der Waals surface area contributed by atoms with Crippen LogP contribution in [-0.4, -0.2) is 76.2 Å². The van der Waals surface area contributed by atoms with Gasteiger partial charge in [0.25, 0.3) is 5.91 Å². The highest BCUT2D eigenvalue weighted by molar-refractivity contribution is 6.00. The summed E-state index contributed by atoms with van der Waals surface area (Å²) in [6.45, 7) is 2.10. The standard InChI is InChI=1S/C19H23N5O3/c1-27-9-8-24-14-7-6-13(18(24)25)10-23(11-14)19(26)16-5-3-2-4-15(16)17-20-12-21-22-17/h2-5,12-14H,6-11H2,1H3,(H,20,21,22)/t13-,14+/m1/s1. The highest BCUT2D eigenvalue weighted by atomic mass is 16.5. The third-order valence-electron chi connectivity index (χ3n) is 5.44. The lowest BCUT2D eigenvalue weighted by Gasteiger charge is -2.35. The molecule has 0 radical (unpaired) electrons. The van der Waals surface area contributed by atoms with Gasteiger partial charge in [-0.2, -0.15) is 5.10 Å². The predicted octanol–water partition coefficient (Wildman–Crippen LogP) is 1.18. The summed E-state index contributed by atoms with van der Waals surface area (Å²) in [6, 6.07) is 7.42. The number of hydrogen-bond acceptors (Lipinski definition) is 5. The predicted molar refractivity (Wildman–Crippen MR) is 97.8 cm³/mol. The van der Waals surface area contributed by atoms with Crippen molar-refractivity contribution < 1.29 is 14.3 Å². The lowest BCUT2D eigenvalue weighted by atomic mass is 9.94. The first-order valence-corrected chi connectivity index (χ1v) is 9.22. The number of hydrogen-bond donors (Lipinski definition) is 1. The molecule has 3 fully saturated rings. The van der Waals surface area contributed by atoms with Gasteiger partial charge >= 0.3 is 0 Å². The number of rotatable bonds is 5. The van der Waals surface area contributed by atoms with Crippen LogP contribution in [0.2, 0.25) is 0 Å². The van der Waals surface area contributed by atoms with Crippen molar-refractivity contribution in [2.75, 3.05) is 33.4 Å². The zero-order valence-electron chi connectivity index (χ0n) is 15.3. The summed E-state index contributed by atoms with van der Waals surface area (Å²) < 4.78 is 5.15. The number of carbonyl (C=O) groups is 2. The number of nitrogens with one attached hydrogen (secondary N) is 1. The molecule has 2 atom stereocenters. The topological polar surface area (TPSA) is 91.4 Å². The molecule has 2 bridgehead atoms. The maximum absolute atomic E-state index is 13.3. The lowest BCUT2D eigenvalue weighted by Crippen LogP contribution is -2.49. The van der Waals surface area contributed by atoms with Crippen molar-refractivity contribution in [3.05, 3.63) is 36.2 Å². The molecule has 8 heteroatoms. The van der Waals surface area contributed by atoms with Gasteiger partial charge in [0.05, 0.1) is 18.1 Å². The van der Waals surface area contributed by atoms with Crippen molar-refractivity contribution in [3.8, 4) is 11.4 Å². The van der Waals surface area contributed by atoms with Gasteiger partial charge in [-0.05, 0) is 18.9 Å². The number of aromatic amines is 1. The molecular weight excluding hydrogens is 346 g/mol. The van der Waals surface area contributed by atoms with Gasteiger partial charge in [0.1, 0.15) is 6.33 Å². The number of benzene rings is 1. The summed E-state index contributed by atoms with van der Waals surface area (Å²) in [5.41, 5.74) is 1.30.